The molecule has 1 saturated heterocycles. The summed E-state index contributed by atoms with van der Waals surface area (Å²) in [5.41, 5.74) is 4.06. The van der Waals surface area contributed by atoms with Gasteiger partial charge in [0.25, 0.3) is 5.56 Å². The molecule has 8 nitrogen and oxygen atoms in total. The number of ether oxygens (including phenoxy) is 1. The van der Waals surface area contributed by atoms with E-state index in [-0.39, 0.29) is 12.2 Å². The highest BCUT2D eigenvalue weighted by molar-refractivity contribution is 6.03. The summed E-state index contributed by atoms with van der Waals surface area (Å²) in [6, 6.07) is 4.71. The molecule has 8 heteroatoms. The van der Waals surface area contributed by atoms with Crippen LogP contribution in [0.1, 0.15) is 6.42 Å². The standard InChI is InChI=1S/C14H14N4O4/c19-6-10-9(20)5-12(22-10)18-14-13-7(3-4-15-14)16-11(21)2-1-8(13)17-18/h1-4,9-10,12,17,19-20H,5-6H2. The number of aliphatic hydroxyl groups is 2. The Labute approximate surface area is 125 Å². The van der Waals surface area contributed by atoms with E-state index in [0.717, 1.165) is 5.39 Å². The van der Waals surface area contributed by atoms with Gasteiger partial charge in [0, 0.05) is 18.7 Å². The van der Waals surface area contributed by atoms with Crippen LogP contribution in [0.3, 0.4) is 0 Å². The van der Waals surface area contributed by atoms with Crippen LogP contribution in [0.5, 0.6) is 0 Å². The molecule has 22 heavy (non-hydrogen) atoms. The summed E-state index contributed by atoms with van der Waals surface area (Å²) in [4.78, 5) is 19.9. The molecule has 3 N–H and O–H groups in total. The molecule has 1 fully saturated rings. The fourth-order valence-electron chi connectivity index (χ4n) is 2.89. The molecule has 3 unspecified atom stereocenters. The van der Waals surface area contributed by atoms with Crippen LogP contribution >= 0.6 is 0 Å². The maximum Gasteiger partial charge on any atom is 0.270 e. The fourth-order valence-corrected chi connectivity index (χ4v) is 2.89. The van der Waals surface area contributed by atoms with Crippen molar-refractivity contribution >= 4 is 22.4 Å². The van der Waals surface area contributed by atoms with Gasteiger partial charge in [0.05, 0.1) is 29.3 Å². The van der Waals surface area contributed by atoms with Crippen LogP contribution in [0.4, 0.5) is 11.5 Å². The summed E-state index contributed by atoms with van der Waals surface area (Å²) >= 11 is 0. The van der Waals surface area contributed by atoms with Gasteiger partial charge in [-0.3, -0.25) is 10.2 Å². The predicted octanol–water partition coefficient (Wildman–Crippen LogP) is -0.395. The molecule has 2 aliphatic rings. The van der Waals surface area contributed by atoms with Gasteiger partial charge in [0.2, 0.25) is 0 Å². The highest BCUT2D eigenvalue weighted by Gasteiger charge is 2.40. The SMILES string of the molecule is O=c1ccc2c3c(nccc3n1)N(C1CC(O)C(CO)O1)N2. The topological polar surface area (TPSA) is 108 Å². The Morgan fingerprint density at radius 3 is 3.05 bits per heavy atom. The van der Waals surface area contributed by atoms with Crippen molar-refractivity contribution < 1.29 is 14.9 Å². The van der Waals surface area contributed by atoms with Crippen molar-refractivity contribution in [3.63, 3.8) is 0 Å². The zero-order valence-electron chi connectivity index (χ0n) is 11.5. The summed E-state index contributed by atoms with van der Waals surface area (Å²) < 4.78 is 5.66. The molecule has 0 aromatic carbocycles. The Balaban J connectivity index is 1.79. The molecule has 0 amide bonds. The second-order valence-electron chi connectivity index (χ2n) is 5.32. The van der Waals surface area contributed by atoms with Gasteiger partial charge in [-0.2, -0.15) is 0 Å². The lowest BCUT2D eigenvalue weighted by Crippen LogP contribution is -2.38. The van der Waals surface area contributed by atoms with E-state index >= 15 is 0 Å². The number of nitrogens with zero attached hydrogens (tertiary/aromatic N) is 3. The van der Waals surface area contributed by atoms with Crippen molar-refractivity contribution in [2.45, 2.75) is 24.9 Å². The van der Waals surface area contributed by atoms with E-state index in [4.69, 9.17) is 4.74 Å². The summed E-state index contributed by atoms with van der Waals surface area (Å²) in [7, 11) is 0. The number of hydrazine groups is 1. The predicted molar refractivity (Wildman–Crippen MR) is 78.3 cm³/mol. The average molecular weight is 302 g/mol. The largest absolute Gasteiger partial charge is 0.394 e. The van der Waals surface area contributed by atoms with E-state index in [1.807, 2.05) is 0 Å². The van der Waals surface area contributed by atoms with E-state index in [1.165, 1.54) is 6.07 Å². The Morgan fingerprint density at radius 1 is 1.41 bits per heavy atom. The van der Waals surface area contributed by atoms with Crippen molar-refractivity contribution in [1.82, 2.24) is 9.97 Å². The lowest BCUT2D eigenvalue weighted by Gasteiger charge is -2.25. The van der Waals surface area contributed by atoms with Crippen molar-refractivity contribution in [1.29, 1.82) is 0 Å². The number of rotatable bonds is 2. The van der Waals surface area contributed by atoms with Gasteiger partial charge >= 0.3 is 0 Å². The number of pyridine rings is 1. The molecule has 2 aromatic rings. The quantitative estimate of drug-likeness (QED) is 0.688. The highest BCUT2D eigenvalue weighted by Crippen LogP contribution is 2.38. The molecular formula is C14H14N4O4. The first-order chi connectivity index (χ1) is 10.7. The number of hydrogen-bond acceptors (Lipinski definition) is 8. The Bertz CT molecular complexity index is 799. The minimum absolute atomic E-state index is 0.244. The van der Waals surface area contributed by atoms with Gasteiger partial charge in [0.1, 0.15) is 6.10 Å². The normalized spacial score (nSPS) is 26.5. The van der Waals surface area contributed by atoms with Gasteiger partial charge in [-0.15, -0.1) is 0 Å². The van der Waals surface area contributed by atoms with Crippen molar-refractivity contribution in [3.05, 3.63) is 34.7 Å². The van der Waals surface area contributed by atoms with Gasteiger partial charge in [0.15, 0.2) is 12.0 Å². The van der Waals surface area contributed by atoms with Crippen molar-refractivity contribution in [2.24, 2.45) is 0 Å². The van der Waals surface area contributed by atoms with E-state index in [1.54, 1.807) is 23.3 Å². The minimum atomic E-state index is -0.734. The Hall–Kier alpha value is -2.29. The minimum Gasteiger partial charge on any atom is -0.394 e. The second-order valence-corrected chi connectivity index (χ2v) is 5.32. The van der Waals surface area contributed by atoms with Crippen LogP contribution in [0.25, 0.3) is 10.9 Å². The van der Waals surface area contributed by atoms with Gasteiger partial charge in [-0.05, 0) is 12.1 Å². The molecular weight excluding hydrogens is 288 g/mol. The van der Waals surface area contributed by atoms with E-state index in [0.29, 0.717) is 23.4 Å². The summed E-state index contributed by atoms with van der Waals surface area (Å²) in [5.74, 6) is 0.589. The molecule has 3 atom stereocenters. The highest BCUT2D eigenvalue weighted by atomic mass is 16.5. The number of anilines is 2. The number of nitrogens with one attached hydrogen (secondary N) is 1. The molecule has 0 radical (unpaired) electrons. The first kappa shape index (κ1) is 13.4. The van der Waals surface area contributed by atoms with Gasteiger partial charge in [-0.25, -0.2) is 15.0 Å². The van der Waals surface area contributed by atoms with Crippen molar-refractivity contribution in [3.8, 4) is 0 Å². The van der Waals surface area contributed by atoms with Gasteiger partial charge in [-0.1, -0.05) is 0 Å². The maximum atomic E-state index is 11.6. The number of aromatic nitrogens is 2. The van der Waals surface area contributed by atoms with E-state index in [2.05, 4.69) is 15.4 Å². The molecule has 0 spiro atoms. The van der Waals surface area contributed by atoms with Gasteiger partial charge < -0.3 is 14.9 Å². The molecule has 2 aliphatic heterocycles. The molecule has 2 aromatic heterocycles. The molecule has 4 rings (SSSR count). The summed E-state index contributed by atoms with van der Waals surface area (Å²) in [5, 5.41) is 21.5. The third kappa shape index (κ3) is 1.92. The number of aliphatic hydroxyl groups excluding tert-OH is 2. The monoisotopic (exact) mass is 302 g/mol. The smallest absolute Gasteiger partial charge is 0.270 e. The zero-order valence-corrected chi connectivity index (χ0v) is 11.5. The fraction of sp³-hybridized carbons (Fsp3) is 0.357. The molecule has 0 bridgehead atoms. The lowest BCUT2D eigenvalue weighted by molar-refractivity contribution is -0.0211. The first-order valence-corrected chi connectivity index (χ1v) is 6.98. The third-order valence-electron chi connectivity index (χ3n) is 3.94. The molecule has 0 aliphatic carbocycles. The molecule has 0 saturated carbocycles. The van der Waals surface area contributed by atoms with Crippen molar-refractivity contribution in [2.75, 3.05) is 17.0 Å². The molecule has 4 heterocycles. The average Bonchev–Trinajstić information content (AvgIpc) is 3.01. The first-order valence-electron chi connectivity index (χ1n) is 6.98. The summed E-state index contributed by atoms with van der Waals surface area (Å²) in [6.45, 7) is -0.244. The Kier molecular flexibility index (Phi) is 2.96. The van der Waals surface area contributed by atoms with E-state index < -0.39 is 18.4 Å². The van der Waals surface area contributed by atoms with E-state index in [9.17, 15) is 15.0 Å². The summed E-state index contributed by atoms with van der Waals surface area (Å²) in [6.07, 6.45) is 0.105. The van der Waals surface area contributed by atoms with Crippen LogP contribution in [-0.2, 0) is 4.74 Å². The lowest BCUT2D eigenvalue weighted by atomic mass is 10.2. The van der Waals surface area contributed by atoms with Crippen LogP contribution in [0, 0.1) is 0 Å². The van der Waals surface area contributed by atoms with Crippen LogP contribution in [-0.4, -0.2) is 45.2 Å². The number of hydrogen-bond donors (Lipinski definition) is 3. The third-order valence-corrected chi connectivity index (χ3v) is 3.94. The second kappa shape index (κ2) is 4.87. The molecule has 114 valence electrons. The maximum absolute atomic E-state index is 11.6. The zero-order chi connectivity index (χ0) is 15.3. The van der Waals surface area contributed by atoms with Crippen LogP contribution < -0.4 is 16.0 Å². The van der Waals surface area contributed by atoms with Crippen LogP contribution in [0.2, 0.25) is 0 Å². The Morgan fingerprint density at radius 2 is 2.27 bits per heavy atom. The van der Waals surface area contributed by atoms with Crippen LogP contribution in [0.15, 0.2) is 29.2 Å².